The van der Waals surface area contributed by atoms with Gasteiger partial charge in [-0.3, -0.25) is 0 Å². The van der Waals surface area contributed by atoms with E-state index < -0.39 is 0 Å². The molecule has 1 aliphatic rings. The molecule has 1 aromatic carbocycles. The molecule has 0 atom stereocenters. The molecule has 18 heavy (non-hydrogen) atoms. The third-order valence-electron chi connectivity index (χ3n) is 4.35. The highest BCUT2D eigenvalue weighted by Crippen LogP contribution is 2.41. The summed E-state index contributed by atoms with van der Waals surface area (Å²) in [5, 5.41) is 1.40. The number of fused-ring (bicyclic) bond motifs is 1. The molecule has 1 fully saturated rings. The van der Waals surface area contributed by atoms with Gasteiger partial charge in [-0.1, -0.05) is 6.07 Å². The van der Waals surface area contributed by atoms with E-state index in [4.69, 9.17) is 0 Å². The van der Waals surface area contributed by atoms with Gasteiger partial charge >= 0.3 is 0 Å². The average molecular weight is 241 g/mol. The number of aromatic nitrogens is 1. The predicted molar refractivity (Wildman–Crippen MR) is 76.8 cm³/mol. The van der Waals surface area contributed by atoms with Crippen LogP contribution < -0.4 is 0 Å². The van der Waals surface area contributed by atoms with E-state index in [2.05, 4.69) is 55.3 Å². The van der Waals surface area contributed by atoms with Gasteiger partial charge in [-0.15, -0.1) is 0 Å². The maximum absolute atomic E-state index is 3.97. The summed E-state index contributed by atoms with van der Waals surface area (Å²) in [5.41, 5.74) is 4.08. The zero-order valence-corrected chi connectivity index (χ0v) is 11.2. The monoisotopic (exact) mass is 241 g/mol. The van der Waals surface area contributed by atoms with Crippen LogP contribution in [0.2, 0.25) is 0 Å². The fourth-order valence-electron chi connectivity index (χ4n) is 2.95. The zero-order chi connectivity index (χ0) is 12.7. The largest absolute Gasteiger partial charge is 0.361 e. The van der Waals surface area contributed by atoms with Gasteiger partial charge in [0, 0.05) is 23.1 Å². The van der Waals surface area contributed by atoms with Gasteiger partial charge in [-0.05, 0) is 69.5 Å². The molecular formula is C16H21N2. The Morgan fingerprint density at radius 1 is 1.33 bits per heavy atom. The zero-order valence-electron chi connectivity index (χ0n) is 11.2. The lowest BCUT2D eigenvalue weighted by Gasteiger charge is -2.39. The van der Waals surface area contributed by atoms with E-state index in [0.29, 0.717) is 0 Å². The molecule has 1 heterocycles. The first-order valence-corrected chi connectivity index (χ1v) is 6.74. The van der Waals surface area contributed by atoms with E-state index in [9.17, 15) is 0 Å². The fourth-order valence-corrected chi connectivity index (χ4v) is 2.95. The molecule has 1 saturated carbocycles. The summed E-state index contributed by atoms with van der Waals surface area (Å²) in [6.07, 6.45) is 5.64. The van der Waals surface area contributed by atoms with Gasteiger partial charge in [0.25, 0.3) is 0 Å². The Morgan fingerprint density at radius 3 is 2.78 bits per heavy atom. The molecule has 0 spiro atoms. The standard InChI is InChI=1S/C16H21N2/c1-4-11-5-6-16-14(7-11)15(10-17-16)12-8-13(9-12)18(2)3/h5-7,10,12-13,17H,1,4,8-9H2,2-3H3/t12-,13-. The van der Waals surface area contributed by atoms with Crippen LogP contribution >= 0.6 is 0 Å². The number of H-pyrrole nitrogens is 1. The van der Waals surface area contributed by atoms with Gasteiger partial charge in [0.1, 0.15) is 0 Å². The topological polar surface area (TPSA) is 19.0 Å². The van der Waals surface area contributed by atoms with Crippen LogP contribution in [-0.2, 0) is 6.42 Å². The molecular weight excluding hydrogens is 220 g/mol. The summed E-state index contributed by atoms with van der Waals surface area (Å²) >= 11 is 0. The van der Waals surface area contributed by atoms with Crippen LogP contribution in [0, 0.1) is 6.92 Å². The van der Waals surface area contributed by atoms with Crippen molar-refractivity contribution < 1.29 is 0 Å². The molecule has 2 heteroatoms. The number of aromatic amines is 1. The number of benzene rings is 1. The maximum atomic E-state index is 3.97. The number of hydrogen-bond donors (Lipinski definition) is 1. The summed E-state index contributed by atoms with van der Waals surface area (Å²) in [5.74, 6) is 0.728. The minimum atomic E-state index is 0.728. The molecule has 0 aliphatic heterocycles. The van der Waals surface area contributed by atoms with E-state index in [1.165, 1.54) is 34.9 Å². The Labute approximate surface area is 109 Å². The van der Waals surface area contributed by atoms with Crippen LogP contribution in [-0.4, -0.2) is 30.0 Å². The Balaban J connectivity index is 1.89. The summed E-state index contributed by atoms with van der Waals surface area (Å²) < 4.78 is 0. The lowest BCUT2D eigenvalue weighted by atomic mass is 9.75. The van der Waals surface area contributed by atoms with Gasteiger partial charge in [0.15, 0.2) is 0 Å². The van der Waals surface area contributed by atoms with E-state index in [1.54, 1.807) is 0 Å². The highest BCUT2D eigenvalue weighted by Gasteiger charge is 2.32. The average Bonchev–Trinajstić information content (AvgIpc) is 2.70. The first kappa shape index (κ1) is 11.8. The number of hydrogen-bond acceptors (Lipinski definition) is 1. The quantitative estimate of drug-likeness (QED) is 0.873. The van der Waals surface area contributed by atoms with Crippen molar-refractivity contribution in [1.82, 2.24) is 9.88 Å². The van der Waals surface area contributed by atoms with Crippen molar-refractivity contribution in [2.45, 2.75) is 31.2 Å². The number of nitrogens with one attached hydrogen (secondary N) is 1. The lowest BCUT2D eigenvalue weighted by Crippen LogP contribution is -2.39. The van der Waals surface area contributed by atoms with Crippen LogP contribution in [0.3, 0.4) is 0 Å². The van der Waals surface area contributed by atoms with Crippen molar-refractivity contribution in [3.05, 3.63) is 42.4 Å². The highest BCUT2D eigenvalue weighted by molar-refractivity contribution is 5.84. The third kappa shape index (κ3) is 1.85. The molecule has 0 amide bonds. The molecule has 2 nitrogen and oxygen atoms in total. The Bertz CT molecular complexity index is 547. The van der Waals surface area contributed by atoms with Crippen molar-refractivity contribution >= 4 is 10.9 Å². The second-order valence-corrected chi connectivity index (χ2v) is 5.66. The third-order valence-corrected chi connectivity index (χ3v) is 4.35. The first-order valence-electron chi connectivity index (χ1n) is 6.74. The molecule has 95 valence electrons. The molecule has 0 saturated heterocycles. The van der Waals surface area contributed by atoms with Gasteiger partial charge in [0.05, 0.1) is 0 Å². The van der Waals surface area contributed by atoms with Crippen LogP contribution in [0.1, 0.15) is 29.9 Å². The summed E-state index contributed by atoms with van der Waals surface area (Å²) in [6, 6.07) is 7.41. The van der Waals surface area contributed by atoms with Gasteiger partial charge in [-0.2, -0.15) is 0 Å². The normalized spacial score (nSPS) is 23.6. The molecule has 1 aliphatic carbocycles. The van der Waals surface area contributed by atoms with E-state index in [0.717, 1.165) is 18.4 Å². The van der Waals surface area contributed by atoms with E-state index in [-0.39, 0.29) is 0 Å². The second-order valence-electron chi connectivity index (χ2n) is 5.66. The van der Waals surface area contributed by atoms with Crippen LogP contribution in [0.5, 0.6) is 0 Å². The molecule has 0 bridgehead atoms. The van der Waals surface area contributed by atoms with E-state index in [1.807, 2.05) is 0 Å². The van der Waals surface area contributed by atoms with E-state index >= 15 is 0 Å². The van der Waals surface area contributed by atoms with Crippen LogP contribution in [0.15, 0.2) is 24.4 Å². The maximum Gasteiger partial charge on any atom is 0.0457 e. The Kier molecular flexibility index (Phi) is 2.90. The summed E-state index contributed by atoms with van der Waals surface area (Å²) in [4.78, 5) is 5.74. The number of nitrogens with zero attached hydrogens (tertiary/aromatic N) is 1. The summed E-state index contributed by atoms with van der Waals surface area (Å²) in [6.45, 7) is 3.97. The lowest BCUT2D eigenvalue weighted by molar-refractivity contribution is 0.167. The molecule has 1 radical (unpaired) electrons. The Morgan fingerprint density at radius 2 is 2.11 bits per heavy atom. The van der Waals surface area contributed by atoms with Gasteiger partial charge in [-0.25, -0.2) is 0 Å². The molecule has 1 aromatic heterocycles. The van der Waals surface area contributed by atoms with Gasteiger partial charge in [0.2, 0.25) is 0 Å². The van der Waals surface area contributed by atoms with Crippen LogP contribution in [0.25, 0.3) is 10.9 Å². The minimum Gasteiger partial charge on any atom is -0.361 e. The minimum absolute atomic E-state index is 0.728. The van der Waals surface area contributed by atoms with Crippen molar-refractivity contribution in [3.63, 3.8) is 0 Å². The number of rotatable bonds is 3. The van der Waals surface area contributed by atoms with Crippen molar-refractivity contribution in [2.75, 3.05) is 14.1 Å². The van der Waals surface area contributed by atoms with Gasteiger partial charge < -0.3 is 9.88 Å². The summed E-state index contributed by atoms with van der Waals surface area (Å²) in [7, 11) is 4.36. The van der Waals surface area contributed by atoms with Crippen molar-refractivity contribution in [3.8, 4) is 0 Å². The molecule has 2 aromatic rings. The van der Waals surface area contributed by atoms with Crippen LogP contribution in [0.4, 0.5) is 0 Å². The van der Waals surface area contributed by atoms with Crippen molar-refractivity contribution in [1.29, 1.82) is 0 Å². The van der Waals surface area contributed by atoms with Crippen molar-refractivity contribution in [2.24, 2.45) is 0 Å². The molecule has 1 N–H and O–H groups in total. The second kappa shape index (κ2) is 4.43. The first-order chi connectivity index (χ1) is 8.69. The molecule has 3 rings (SSSR count). The smallest absolute Gasteiger partial charge is 0.0457 e. The predicted octanol–water partition coefficient (Wildman–Crippen LogP) is 3.35. The highest BCUT2D eigenvalue weighted by atomic mass is 15.1. The Hall–Kier alpha value is -1.28. The SMILES string of the molecule is [CH2]Cc1ccc2[nH]cc([C@H]3C[C@H](N(C)C)C3)c2c1. The fraction of sp³-hybridized carbons (Fsp3) is 0.438. The molecule has 0 unspecified atom stereocenters.